The van der Waals surface area contributed by atoms with Gasteiger partial charge >= 0.3 is 18.2 Å². The molecule has 138 valence electrons. The maximum Gasteiger partial charge on any atom is 0.490 e. The number of nitrogens with two attached hydrogens (primary N) is 1. The Hall–Kier alpha value is -2.60. The number of urea groups is 1. The molecule has 1 fully saturated rings. The van der Waals surface area contributed by atoms with Gasteiger partial charge in [0.15, 0.2) is 0 Å². The number of rotatable bonds is 2. The molecule has 9 nitrogen and oxygen atoms in total. The summed E-state index contributed by atoms with van der Waals surface area (Å²) in [6, 6.07) is 3.58. The monoisotopic (exact) mass is 384 g/mol. The van der Waals surface area contributed by atoms with E-state index in [0.717, 1.165) is 0 Å². The molecule has 0 bridgehead atoms. The van der Waals surface area contributed by atoms with Crippen molar-refractivity contribution < 1.29 is 32.8 Å². The molecule has 2 rings (SSSR count). The molecule has 25 heavy (non-hydrogen) atoms. The first-order valence-corrected chi connectivity index (χ1v) is 6.85. The number of nitro benzene ring substituents is 1. The summed E-state index contributed by atoms with van der Waals surface area (Å²) in [6.45, 7) is 0.993. The number of likely N-dealkylation sites (tertiary alicyclic amines) is 1. The van der Waals surface area contributed by atoms with Crippen LogP contribution in [0.15, 0.2) is 18.2 Å². The summed E-state index contributed by atoms with van der Waals surface area (Å²) in [4.78, 5) is 32.1. The zero-order chi connectivity index (χ0) is 19.4. The number of carboxylic acids is 1. The Balaban J connectivity index is 0.000000381. The Morgan fingerprint density at radius 2 is 1.92 bits per heavy atom. The number of nitrogens with zero attached hydrogens (tertiary/aromatic N) is 2. The van der Waals surface area contributed by atoms with Crippen LogP contribution in [-0.2, 0) is 4.79 Å². The van der Waals surface area contributed by atoms with Crippen LogP contribution in [0.1, 0.15) is 0 Å². The molecule has 1 aliphatic heterocycles. The number of non-ortho nitro benzene ring substituents is 1. The standard InChI is InChI=1S/C10H11ClN4O3.C2HF3O2/c11-8-3-7(15(17)18)1-2-9(8)13-10(16)14-4-6(12)5-14;3-2(4,5)1(6)7/h1-3,6H,4-5,12H2,(H,13,16);(H,6,7). The minimum Gasteiger partial charge on any atom is -0.475 e. The van der Waals surface area contributed by atoms with Gasteiger partial charge in [-0.05, 0) is 6.07 Å². The number of hydrogen-bond acceptors (Lipinski definition) is 5. The number of amides is 2. The zero-order valence-electron chi connectivity index (χ0n) is 12.3. The number of aliphatic carboxylic acids is 1. The minimum absolute atomic E-state index is 0.0167. The van der Waals surface area contributed by atoms with Crippen molar-refractivity contribution in [1.82, 2.24) is 4.90 Å². The summed E-state index contributed by atoms with van der Waals surface area (Å²) in [5.41, 5.74) is 5.78. The third-order valence-electron chi connectivity index (χ3n) is 2.84. The Bertz CT molecular complexity index is 679. The fourth-order valence-corrected chi connectivity index (χ4v) is 1.81. The van der Waals surface area contributed by atoms with Crippen LogP contribution in [0.5, 0.6) is 0 Å². The Kier molecular flexibility index (Phi) is 6.53. The third kappa shape index (κ3) is 6.08. The third-order valence-corrected chi connectivity index (χ3v) is 3.16. The molecule has 1 aromatic carbocycles. The van der Waals surface area contributed by atoms with E-state index in [9.17, 15) is 28.1 Å². The van der Waals surface area contributed by atoms with E-state index in [2.05, 4.69) is 5.32 Å². The lowest BCUT2D eigenvalue weighted by Crippen LogP contribution is -2.58. The van der Waals surface area contributed by atoms with E-state index in [1.54, 1.807) is 0 Å². The number of carboxylic acid groups (broad SMARTS) is 1. The average molecular weight is 385 g/mol. The minimum atomic E-state index is -5.08. The largest absolute Gasteiger partial charge is 0.490 e. The Morgan fingerprint density at radius 3 is 2.28 bits per heavy atom. The predicted octanol–water partition coefficient (Wildman–Crippen LogP) is 2.06. The van der Waals surface area contributed by atoms with Gasteiger partial charge in [0, 0.05) is 31.3 Å². The second-order valence-corrected chi connectivity index (χ2v) is 5.23. The summed E-state index contributed by atoms with van der Waals surface area (Å²) in [7, 11) is 0. The van der Waals surface area contributed by atoms with Crippen LogP contribution in [0.2, 0.25) is 5.02 Å². The summed E-state index contributed by atoms with van der Waals surface area (Å²) in [5.74, 6) is -2.76. The molecule has 0 spiro atoms. The highest BCUT2D eigenvalue weighted by molar-refractivity contribution is 6.33. The van der Waals surface area contributed by atoms with E-state index in [0.29, 0.717) is 18.8 Å². The number of carbonyl (C=O) groups is 2. The van der Waals surface area contributed by atoms with Crippen molar-refractivity contribution in [3.8, 4) is 0 Å². The van der Waals surface area contributed by atoms with Crippen molar-refractivity contribution in [2.24, 2.45) is 5.73 Å². The quantitative estimate of drug-likeness (QED) is 0.527. The van der Waals surface area contributed by atoms with Crippen LogP contribution in [-0.4, -0.2) is 52.2 Å². The molecule has 1 heterocycles. The van der Waals surface area contributed by atoms with E-state index in [4.69, 9.17) is 27.2 Å². The predicted molar refractivity (Wildman–Crippen MR) is 80.4 cm³/mol. The van der Waals surface area contributed by atoms with Crippen LogP contribution < -0.4 is 11.1 Å². The van der Waals surface area contributed by atoms with E-state index in [-0.39, 0.29) is 22.8 Å². The number of halogens is 4. The molecule has 1 saturated heterocycles. The zero-order valence-corrected chi connectivity index (χ0v) is 13.0. The molecule has 0 saturated carbocycles. The van der Waals surface area contributed by atoms with Crippen molar-refractivity contribution in [3.63, 3.8) is 0 Å². The van der Waals surface area contributed by atoms with Gasteiger partial charge in [0.05, 0.1) is 15.6 Å². The molecule has 0 aromatic heterocycles. The Morgan fingerprint density at radius 1 is 1.40 bits per heavy atom. The average Bonchev–Trinajstić information content (AvgIpc) is 2.45. The van der Waals surface area contributed by atoms with E-state index in [1.807, 2.05) is 0 Å². The highest BCUT2D eigenvalue weighted by atomic mass is 35.5. The summed E-state index contributed by atoms with van der Waals surface area (Å²) in [5, 5.41) is 20.4. The van der Waals surface area contributed by atoms with Gasteiger partial charge in [0.1, 0.15) is 0 Å². The van der Waals surface area contributed by atoms with Gasteiger partial charge in [-0.25, -0.2) is 9.59 Å². The second-order valence-electron chi connectivity index (χ2n) is 4.82. The molecule has 1 aromatic rings. The van der Waals surface area contributed by atoms with E-state index < -0.39 is 17.1 Å². The first-order valence-electron chi connectivity index (χ1n) is 6.47. The number of nitro groups is 1. The molecular formula is C12H12ClF3N4O5. The van der Waals surface area contributed by atoms with Crippen LogP contribution in [0, 0.1) is 10.1 Å². The topological polar surface area (TPSA) is 139 Å². The first-order chi connectivity index (χ1) is 11.4. The van der Waals surface area contributed by atoms with Crippen LogP contribution in [0.25, 0.3) is 0 Å². The molecule has 13 heteroatoms. The van der Waals surface area contributed by atoms with Crippen molar-refractivity contribution in [3.05, 3.63) is 33.3 Å². The van der Waals surface area contributed by atoms with Gasteiger partial charge in [-0.1, -0.05) is 11.6 Å². The fraction of sp³-hybridized carbons (Fsp3) is 0.333. The molecular weight excluding hydrogens is 373 g/mol. The number of nitrogens with one attached hydrogen (secondary N) is 1. The highest BCUT2D eigenvalue weighted by Crippen LogP contribution is 2.27. The summed E-state index contributed by atoms with van der Waals surface area (Å²) >= 11 is 5.85. The highest BCUT2D eigenvalue weighted by Gasteiger charge is 2.38. The van der Waals surface area contributed by atoms with Gasteiger partial charge in [0.25, 0.3) is 5.69 Å². The van der Waals surface area contributed by atoms with Gasteiger partial charge < -0.3 is 21.1 Å². The van der Waals surface area contributed by atoms with E-state index >= 15 is 0 Å². The number of carbonyl (C=O) groups excluding carboxylic acids is 1. The van der Waals surface area contributed by atoms with Crippen LogP contribution >= 0.6 is 11.6 Å². The summed E-state index contributed by atoms with van der Waals surface area (Å²) in [6.07, 6.45) is -5.08. The maximum atomic E-state index is 11.7. The van der Waals surface area contributed by atoms with E-state index in [1.165, 1.54) is 23.1 Å². The smallest absolute Gasteiger partial charge is 0.475 e. The SMILES string of the molecule is NC1CN(C(=O)Nc2ccc([N+](=O)[O-])cc2Cl)C1.O=C(O)C(F)(F)F. The molecule has 0 unspecified atom stereocenters. The van der Waals surface area contributed by atoms with Gasteiger partial charge in [0.2, 0.25) is 0 Å². The number of hydrogen-bond donors (Lipinski definition) is 3. The van der Waals surface area contributed by atoms with Crippen LogP contribution in [0.3, 0.4) is 0 Å². The van der Waals surface area contributed by atoms with Gasteiger partial charge in [-0.2, -0.15) is 13.2 Å². The lowest BCUT2D eigenvalue weighted by Gasteiger charge is -2.36. The van der Waals surface area contributed by atoms with Crippen molar-refractivity contribution >= 4 is 35.0 Å². The number of benzene rings is 1. The van der Waals surface area contributed by atoms with Crippen molar-refractivity contribution in [1.29, 1.82) is 0 Å². The molecule has 1 aliphatic rings. The Labute approximate surface area is 143 Å². The normalized spacial score (nSPS) is 14.0. The molecule has 2 amide bonds. The first kappa shape index (κ1) is 20.4. The van der Waals surface area contributed by atoms with Crippen molar-refractivity contribution in [2.45, 2.75) is 12.2 Å². The summed E-state index contributed by atoms with van der Waals surface area (Å²) < 4.78 is 31.7. The van der Waals surface area contributed by atoms with Crippen molar-refractivity contribution in [2.75, 3.05) is 18.4 Å². The molecule has 0 radical (unpaired) electrons. The molecule has 0 aliphatic carbocycles. The van der Waals surface area contributed by atoms with Gasteiger partial charge in [-0.15, -0.1) is 0 Å². The fourth-order valence-electron chi connectivity index (χ4n) is 1.59. The van der Waals surface area contributed by atoms with Gasteiger partial charge in [-0.3, -0.25) is 10.1 Å². The maximum absolute atomic E-state index is 11.7. The number of anilines is 1. The van der Waals surface area contributed by atoms with Crippen LogP contribution in [0.4, 0.5) is 29.3 Å². The molecule has 0 atom stereocenters. The second kappa shape index (κ2) is 7.98. The lowest BCUT2D eigenvalue weighted by atomic mass is 10.1. The lowest BCUT2D eigenvalue weighted by molar-refractivity contribution is -0.384. The number of alkyl halides is 3. The molecule has 4 N–H and O–H groups in total.